The second-order valence-electron chi connectivity index (χ2n) is 4.88. The van der Waals surface area contributed by atoms with E-state index in [4.69, 9.17) is 0 Å². The van der Waals surface area contributed by atoms with Crippen LogP contribution in [0.1, 0.15) is 37.7 Å². The fraction of sp³-hybridized carbons (Fsp3) is 0.562. The summed E-state index contributed by atoms with van der Waals surface area (Å²) in [5, 5.41) is 16.1. The predicted molar refractivity (Wildman–Crippen MR) is 85.2 cm³/mol. The van der Waals surface area contributed by atoms with Crippen LogP contribution >= 0.6 is 0 Å². The minimum atomic E-state index is 0.0883. The molecule has 1 aromatic carbocycles. The number of nitrogens with zero attached hydrogens (tertiary/aromatic N) is 1. The lowest BCUT2D eigenvalue weighted by atomic mass is 10.0. The maximum absolute atomic E-state index is 9.51. The van der Waals surface area contributed by atoms with Gasteiger partial charge in [-0.05, 0) is 12.0 Å². The molecule has 1 atom stereocenters. The van der Waals surface area contributed by atoms with Gasteiger partial charge < -0.3 is 15.7 Å². The van der Waals surface area contributed by atoms with Crippen molar-refractivity contribution in [1.82, 2.24) is 10.6 Å². The molecule has 0 fully saturated rings. The minimum absolute atomic E-state index is 0.0883. The summed E-state index contributed by atoms with van der Waals surface area (Å²) < 4.78 is 0. The zero-order valence-electron chi connectivity index (χ0n) is 12.6. The Kier molecular flexibility index (Phi) is 8.47. The van der Waals surface area contributed by atoms with Crippen LogP contribution in [0.15, 0.2) is 35.3 Å². The molecule has 0 radical (unpaired) electrons. The molecule has 0 saturated carbocycles. The molecule has 4 nitrogen and oxygen atoms in total. The van der Waals surface area contributed by atoms with E-state index >= 15 is 0 Å². The number of benzene rings is 1. The quantitative estimate of drug-likeness (QED) is 0.387. The molecule has 0 aliphatic rings. The Morgan fingerprint density at radius 1 is 1.20 bits per heavy atom. The van der Waals surface area contributed by atoms with Gasteiger partial charge in [-0.2, -0.15) is 0 Å². The third-order valence-corrected chi connectivity index (χ3v) is 3.30. The van der Waals surface area contributed by atoms with E-state index in [2.05, 4.69) is 22.5 Å². The summed E-state index contributed by atoms with van der Waals surface area (Å²) in [5.74, 6) is 0.890. The summed E-state index contributed by atoms with van der Waals surface area (Å²) in [6.07, 6.45) is 3.60. The van der Waals surface area contributed by atoms with Crippen molar-refractivity contribution in [3.8, 4) is 0 Å². The number of rotatable bonds is 8. The fourth-order valence-corrected chi connectivity index (χ4v) is 2.04. The number of nitrogens with one attached hydrogen (secondary N) is 2. The molecule has 3 N–H and O–H groups in total. The van der Waals surface area contributed by atoms with E-state index in [1.54, 1.807) is 7.05 Å². The first-order valence-corrected chi connectivity index (χ1v) is 7.42. The highest BCUT2D eigenvalue weighted by Gasteiger charge is 2.10. The number of hydrogen-bond acceptors (Lipinski definition) is 2. The molecule has 20 heavy (non-hydrogen) atoms. The summed E-state index contributed by atoms with van der Waals surface area (Å²) in [6, 6.07) is 10.1. The van der Waals surface area contributed by atoms with Gasteiger partial charge in [-0.3, -0.25) is 4.99 Å². The average Bonchev–Trinajstić information content (AvgIpc) is 2.51. The third-order valence-electron chi connectivity index (χ3n) is 3.30. The Hall–Kier alpha value is -1.55. The van der Waals surface area contributed by atoms with Gasteiger partial charge in [-0.1, -0.05) is 50.1 Å². The van der Waals surface area contributed by atoms with Gasteiger partial charge in [0.1, 0.15) is 0 Å². The zero-order chi connectivity index (χ0) is 14.6. The van der Waals surface area contributed by atoms with E-state index in [0.29, 0.717) is 6.54 Å². The lowest BCUT2D eigenvalue weighted by Gasteiger charge is -2.18. The number of hydrogen-bond donors (Lipinski definition) is 3. The molecule has 0 bridgehead atoms. The molecular weight excluding hydrogens is 250 g/mol. The average molecular weight is 277 g/mol. The maximum Gasteiger partial charge on any atom is 0.190 e. The molecule has 0 saturated heterocycles. The van der Waals surface area contributed by atoms with Crippen LogP contribution in [0.3, 0.4) is 0 Å². The van der Waals surface area contributed by atoms with Crippen LogP contribution in [0.5, 0.6) is 0 Å². The van der Waals surface area contributed by atoms with Gasteiger partial charge in [0.05, 0.1) is 6.61 Å². The highest BCUT2D eigenvalue weighted by Crippen LogP contribution is 2.13. The topological polar surface area (TPSA) is 56.7 Å². The maximum atomic E-state index is 9.51. The standard InChI is InChI=1S/C16H27N3O/c1-3-4-8-11-18-16(17-2)19-12-15(13-20)14-9-6-5-7-10-14/h5-7,9-10,15,20H,3-4,8,11-13H2,1-2H3,(H2,17,18,19). The Bertz CT molecular complexity index is 379. The molecule has 112 valence electrons. The molecule has 0 aromatic heterocycles. The molecule has 0 aliphatic heterocycles. The van der Waals surface area contributed by atoms with Crippen LogP contribution in [0, 0.1) is 0 Å². The summed E-state index contributed by atoms with van der Waals surface area (Å²) in [4.78, 5) is 4.20. The molecule has 1 rings (SSSR count). The SMILES string of the molecule is CCCCCNC(=NC)NCC(CO)c1ccccc1. The zero-order valence-corrected chi connectivity index (χ0v) is 12.6. The summed E-state index contributed by atoms with van der Waals surface area (Å²) in [7, 11) is 1.77. The van der Waals surface area contributed by atoms with Gasteiger partial charge >= 0.3 is 0 Å². The summed E-state index contributed by atoms with van der Waals surface area (Å²) in [6.45, 7) is 3.93. The monoisotopic (exact) mass is 277 g/mol. The van der Waals surface area contributed by atoms with Gasteiger partial charge in [0.25, 0.3) is 0 Å². The predicted octanol–water partition coefficient (Wildman–Crippen LogP) is 2.12. The van der Waals surface area contributed by atoms with Crippen molar-refractivity contribution in [3.05, 3.63) is 35.9 Å². The van der Waals surface area contributed by atoms with E-state index < -0.39 is 0 Å². The van der Waals surface area contributed by atoms with Crippen LogP contribution in [0.4, 0.5) is 0 Å². The van der Waals surface area contributed by atoms with Crippen molar-refractivity contribution < 1.29 is 5.11 Å². The van der Waals surface area contributed by atoms with E-state index in [0.717, 1.165) is 24.5 Å². The first kappa shape index (κ1) is 16.5. The van der Waals surface area contributed by atoms with Crippen molar-refractivity contribution in [3.63, 3.8) is 0 Å². The van der Waals surface area contributed by atoms with E-state index in [9.17, 15) is 5.11 Å². The first-order chi connectivity index (χ1) is 9.81. The van der Waals surface area contributed by atoms with Crippen LogP contribution in [-0.2, 0) is 0 Å². The van der Waals surface area contributed by atoms with Crippen LogP contribution < -0.4 is 10.6 Å². The normalized spacial score (nSPS) is 13.1. The highest BCUT2D eigenvalue weighted by atomic mass is 16.3. The lowest BCUT2D eigenvalue weighted by Crippen LogP contribution is -2.40. The molecular formula is C16H27N3O. The second-order valence-corrected chi connectivity index (χ2v) is 4.88. The van der Waals surface area contributed by atoms with Crippen molar-refractivity contribution in [2.24, 2.45) is 4.99 Å². The van der Waals surface area contributed by atoms with Crippen molar-refractivity contribution >= 4 is 5.96 Å². The smallest absolute Gasteiger partial charge is 0.190 e. The van der Waals surface area contributed by atoms with Gasteiger partial charge in [0, 0.05) is 26.1 Å². The van der Waals surface area contributed by atoms with Crippen molar-refractivity contribution in [2.75, 3.05) is 26.7 Å². The largest absolute Gasteiger partial charge is 0.396 e. The Balaban J connectivity index is 2.38. The number of aliphatic hydroxyl groups is 1. The van der Waals surface area contributed by atoms with E-state index in [1.807, 2.05) is 30.3 Å². The lowest BCUT2D eigenvalue weighted by molar-refractivity contribution is 0.265. The van der Waals surface area contributed by atoms with Crippen LogP contribution in [0.25, 0.3) is 0 Å². The van der Waals surface area contributed by atoms with Crippen molar-refractivity contribution in [2.45, 2.75) is 32.1 Å². The Morgan fingerprint density at radius 3 is 2.55 bits per heavy atom. The Morgan fingerprint density at radius 2 is 1.95 bits per heavy atom. The van der Waals surface area contributed by atoms with Crippen molar-refractivity contribution in [1.29, 1.82) is 0 Å². The summed E-state index contributed by atoms with van der Waals surface area (Å²) >= 11 is 0. The second kappa shape index (κ2) is 10.3. The first-order valence-electron chi connectivity index (χ1n) is 7.42. The van der Waals surface area contributed by atoms with Gasteiger partial charge in [0.2, 0.25) is 0 Å². The van der Waals surface area contributed by atoms with Crippen LogP contribution in [0.2, 0.25) is 0 Å². The molecule has 1 aromatic rings. The minimum Gasteiger partial charge on any atom is -0.396 e. The third kappa shape index (κ3) is 6.06. The molecule has 1 unspecified atom stereocenters. The van der Waals surface area contributed by atoms with E-state index in [1.165, 1.54) is 12.8 Å². The molecule has 0 spiro atoms. The highest BCUT2D eigenvalue weighted by molar-refractivity contribution is 5.79. The number of aliphatic hydroxyl groups excluding tert-OH is 1. The number of aliphatic imine (C=N–C) groups is 1. The molecule has 0 amide bonds. The van der Waals surface area contributed by atoms with Gasteiger partial charge in [-0.25, -0.2) is 0 Å². The molecule has 4 heteroatoms. The van der Waals surface area contributed by atoms with Gasteiger partial charge in [-0.15, -0.1) is 0 Å². The fourth-order valence-electron chi connectivity index (χ4n) is 2.04. The van der Waals surface area contributed by atoms with Crippen LogP contribution in [-0.4, -0.2) is 37.8 Å². The molecule has 0 heterocycles. The number of unbranched alkanes of at least 4 members (excludes halogenated alkanes) is 2. The summed E-state index contributed by atoms with van der Waals surface area (Å²) in [5.41, 5.74) is 1.14. The number of guanidine groups is 1. The Labute approximate surface area is 122 Å². The van der Waals surface area contributed by atoms with Gasteiger partial charge in [0.15, 0.2) is 5.96 Å². The van der Waals surface area contributed by atoms with E-state index in [-0.39, 0.29) is 12.5 Å². The molecule has 0 aliphatic carbocycles.